The molecule has 0 radical (unpaired) electrons. The van der Waals surface area contributed by atoms with Crippen molar-refractivity contribution in [1.29, 1.82) is 5.41 Å². The monoisotopic (exact) mass is 360 g/mol. The summed E-state index contributed by atoms with van der Waals surface area (Å²) in [6.07, 6.45) is 0. The molecule has 138 valence electrons. The van der Waals surface area contributed by atoms with Gasteiger partial charge in [0.2, 0.25) is 0 Å². The van der Waals surface area contributed by atoms with E-state index < -0.39 is 0 Å². The predicted octanol–water partition coefficient (Wildman–Crippen LogP) is 4.64. The summed E-state index contributed by atoms with van der Waals surface area (Å²) in [5.74, 6) is 1.07. The van der Waals surface area contributed by atoms with Gasteiger partial charge in [-0.15, -0.1) is 0 Å². The Kier molecular flexibility index (Phi) is 3.84. The molecule has 0 atom stereocenters. The predicted molar refractivity (Wildman–Crippen MR) is 110 cm³/mol. The van der Waals surface area contributed by atoms with Crippen molar-refractivity contribution in [1.82, 2.24) is 9.55 Å². The standard InChI is InChI=1S/C22H24N4O/c1-22(2,3)14-9-11-15(12-10-14)26-13-18(27)19(20(26)23)21-24-16-7-5-6-8-17(16)25(21)4/h5-12,23,27H,13H2,1-4H3. The van der Waals surface area contributed by atoms with E-state index >= 15 is 0 Å². The van der Waals surface area contributed by atoms with Gasteiger partial charge in [-0.25, -0.2) is 4.98 Å². The third-order valence-electron chi connectivity index (χ3n) is 5.16. The van der Waals surface area contributed by atoms with Crippen LogP contribution in [-0.2, 0) is 12.5 Å². The molecule has 0 fully saturated rings. The summed E-state index contributed by atoms with van der Waals surface area (Å²) in [5, 5.41) is 19.3. The number of amidine groups is 1. The maximum absolute atomic E-state index is 10.6. The minimum absolute atomic E-state index is 0.0790. The molecule has 0 unspecified atom stereocenters. The molecular formula is C22H24N4O. The lowest BCUT2D eigenvalue weighted by Crippen LogP contribution is -2.26. The number of rotatable bonds is 2. The van der Waals surface area contributed by atoms with E-state index in [1.807, 2.05) is 52.9 Å². The van der Waals surface area contributed by atoms with Crippen LogP contribution >= 0.6 is 0 Å². The lowest BCUT2D eigenvalue weighted by atomic mass is 9.87. The Hall–Kier alpha value is -3.08. The second-order valence-electron chi connectivity index (χ2n) is 8.04. The van der Waals surface area contributed by atoms with Crippen LogP contribution in [0, 0.1) is 5.41 Å². The molecule has 0 saturated heterocycles. The maximum atomic E-state index is 10.6. The summed E-state index contributed by atoms with van der Waals surface area (Å²) in [4.78, 5) is 6.46. The first kappa shape index (κ1) is 17.3. The molecule has 0 bridgehead atoms. The largest absolute Gasteiger partial charge is 0.509 e. The van der Waals surface area contributed by atoms with Gasteiger partial charge in [0.05, 0.1) is 23.2 Å². The molecule has 27 heavy (non-hydrogen) atoms. The summed E-state index contributed by atoms with van der Waals surface area (Å²) < 4.78 is 1.93. The van der Waals surface area contributed by atoms with Gasteiger partial charge in [0, 0.05) is 12.7 Å². The van der Waals surface area contributed by atoms with Crippen molar-refractivity contribution >= 4 is 28.1 Å². The Morgan fingerprint density at radius 3 is 2.33 bits per heavy atom. The highest BCUT2D eigenvalue weighted by molar-refractivity contribution is 6.30. The van der Waals surface area contributed by atoms with Crippen LogP contribution in [0.1, 0.15) is 32.2 Å². The highest BCUT2D eigenvalue weighted by Crippen LogP contribution is 2.33. The van der Waals surface area contributed by atoms with Crippen LogP contribution in [0.5, 0.6) is 0 Å². The fraction of sp³-hybridized carbons (Fsp3) is 0.273. The van der Waals surface area contributed by atoms with Crippen LogP contribution < -0.4 is 4.90 Å². The fourth-order valence-electron chi connectivity index (χ4n) is 3.55. The van der Waals surface area contributed by atoms with Crippen molar-refractivity contribution in [2.24, 2.45) is 7.05 Å². The third-order valence-corrected chi connectivity index (χ3v) is 5.16. The zero-order valence-corrected chi connectivity index (χ0v) is 16.1. The molecule has 0 amide bonds. The van der Waals surface area contributed by atoms with Crippen molar-refractivity contribution in [3.05, 3.63) is 65.7 Å². The Balaban J connectivity index is 1.70. The topological polar surface area (TPSA) is 65.1 Å². The van der Waals surface area contributed by atoms with Crippen LogP contribution in [0.15, 0.2) is 54.3 Å². The third kappa shape index (κ3) is 2.79. The maximum Gasteiger partial charge on any atom is 0.148 e. The normalized spacial score (nSPS) is 15.3. The van der Waals surface area contributed by atoms with Crippen LogP contribution in [-0.4, -0.2) is 27.0 Å². The zero-order valence-electron chi connectivity index (χ0n) is 16.1. The number of imidazole rings is 1. The Morgan fingerprint density at radius 2 is 1.70 bits per heavy atom. The molecule has 1 aromatic heterocycles. The summed E-state index contributed by atoms with van der Waals surface area (Å²) in [6.45, 7) is 6.82. The number of para-hydroxylation sites is 2. The number of nitrogens with one attached hydrogen (secondary N) is 1. The molecule has 1 aliphatic rings. The van der Waals surface area contributed by atoms with Crippen LogP contribution in [0.2, 0.25) is 0 Å². The van der Waals surface area contributed by atoms with E-state index in [2.05, 4.69) is 37.9 Å². The fourth-order valence-corrected chi connectivity index (χ4v) is 3.55. The minimum Gasteiger partial charge on any atom is -0.509 e. The Labute approximate surface area is 159 Å². The highest BCUT2D eigenvalue weighted by Gasteiger charge is 2.32. The first-order valence-electron chi connectivity index (χ1n) is 9.08. The van der Waals surface area contributed by atoms with E-state index in [0.717, 1.165) is 16.7 Å². The number of hydrogen-bond acceptors (Lipinski definition) is 3. The van der Waals surface area contributed by atoms with Crippen LogP contribution in [0.25, 0.3) is 16.6 Å². The molecule has 3 aromatic rings. The SMILES string of the molecule is Cn1c(C2=C(O)CN(c3ccc(C(C)(C)C)cc3)C2=N)nc2ccccc21. The lowest BCUT2D eigenvalue weighted by molar-refractivity contribution is 0.411. The smallest absolute Gasteiger partial charge is 0.148 e. The van der Waals surface area contributed by atoms with Gasteiger partial charge in [-0.05, 0) is 35.2 Å². The van der Waals surface area contributed by atoms with E-state index in [1.165, 1.54) is 5.56 Å². The van der Waals surface area contributed by atoms with E-state index in [4.69, 9.17) is 5.41 Å². The average Bonchev–Trinajstić information content (AvgIpc) is 3.11. The molecule has 4 rings (SSSR count). The zero-order chi connectivity index (χ0) is 19.3. The van der Waals surface area contributed by atoms with Crippen molar-refractivity contribution in [2.75, 3.05) is 11.4 Å². The summed E-state index contributed by atoms with van der Waals surface area (Å²) in [5.41, 5.74) is 4.55. The molecule has 0 spiro atoms. The molecule has 2 aromatic carbocycles. The van der Waals surface area contributed by atoms with Gasteiger partial charge in [0.25, 0.3) is 0 Å². The van der Waals surface area contributed by atoms with Gasteiger partial charge >= 0.3 is 0 Å². The van der Waals surface area contributed by atoms with Crippen molar-refractivity contribution in [3.8, 4) is 0 Å². The van der Waals surface area contributed by atoms with E-state index in [-0.39, 0.29) is 23.6 Å². The summed E-state index contributed by atoms with van der Waals surface area (Å²) >= 11 is 0. The van der Waals surface area contributed by atoms with Crippen LogP contribution in [0.4, 0.5) is 5.69 Å². The molecule has 0 saturated carbocycles. The van der Waals surface area contributed by atoms with Crippen molar-refractivity contribution in [3.63, 3.8) is 0 Å². The minimum atomic E-state index is 0.0790. The quantitative estimate of drug-likeness (QED) is 0.700. The number of fused-ring (bicyclic) bond motifs is 1. The molecule has 5 heteroatoms. The van der Waals surface area contributed by atoms with E-state index in [1.54, 1.807) is 0 Å². The molecular weight excluding hydrogens is 336 g/mol. The second-order valence-corrected chi connectivity index (χ2v) is 8.04. The van der Waals surface area contributed by atoms with Crippen molar-refractivity contribution in [2.45, 2.75) is 26.2 Å². The first-order chi connectivity index (χ1) is 12.8. The van der Waals surface area contributed by atoms with E-state index in [9.17, 15) is 5.11 Å². The van der Waals surface area contributed by atoms with Gasteiger partial charge in [0.1, 0.15) is 17.4 Å². The number of aliphatic hydroxyl groups is 1. The number of aryl methyl sites for hydroxylation is 1. The number of aliphatic hydroxyl groups excluding tert-OH is 1. The molecule has 2 heterocycles. The summed E-state index contributed by atoms with van der Waals surface area (Å²) in [7, 11) is 1.92. The second kappa shape index (κ2) is 5.98. The Morgan fingerprint density at radius 1 is 1.04 bits per heavy atom. The molecule has 5 nitrogen and oxygen atoms in total. The van der Waals surface area contributed by atoms with E-state index in [0.29, 0.717) is 11.4 Å². The van der Waals surface area contributed by atoms with Gasteiger partial charge in [-0.3, -0.25) is 5.41 Å². The first-order valence-corrected chi connectivity index (χ1v) is 9.08. The van der Waals surface area contributed by atoms with Crippen molar-refractivity contribution < 1.29 is 5.11 Å². The lowest BCUT2D eigenvalue weighted by Gasteiger charge is -2.22. The van der Waals surface area contributed by atoms with Gasteiger partial charge in [-0.2, -0.15) is 0 Å². The Bertz CT molecular complexity index is 1070. The molecule has 0 aliphatic carbocycles. The van der Waals surface area contributed by atoms with Gasteiger partial charge < -0.3 is 14.6 Å². The summed E-state index contributed by atoms with van der Waals surface area (Å²) in [6, 6.07) is 16.0. The molecule has 2 N–H and O–H groups in total. The van der Waals surface area contributed by atoms with Gasteiger partial charge in [-0.1, -0.05) is 45.0 Å². The number of nitrogens with zero attached hydrogens (tertiary/aromatic N) is 3. The number of benzene rings is 2. The molecule has 1 aliphatic heterocycles. The average molecular weight is 360 g/mol. The number of aromatic nitrogens is 2. The number of hydrogen-bond donors (Lipinski definition) is 2. The van der Waals surface area contributed by atoms with Gasteiger partial charge in [0.15, 0.2) is 0 Å². The highest BCUT2D eigenvalue weighted by atomic mass is 16.3. The van der Waals surface area contributed by atoms with Crippen LogP contribution in [0.3, 0.4) is 0 Å². The number of anilines is 1.